The van der Waals surface area contributed by atoms with E-state index in [1.807, 2.05) is 0 Å². The van der Waals surface area contributed by atoms with Crippen LogP contribution in [-0.4, -0.2) is 90.7 Å². The zero-order chi connectivity index (χ0) is 20.2. The van der Waals surface area contributed by atoms with Gasteiger partial charge in [-0.3, -0.25) is 14.6 Å². The lowest BCUT2D eigenvalue weighted by molar-refractivity contribution is -0.475. The van der Waals surface area contributed by atoms with Crippen molar-refractivity contribution in [3.63, 3.8) is 0 Å². The van der Waals surface area contributed by atoms with E-state index in [0.717, 1.165) is 0 Å². The van der Waals surface area contributed by atoms with E-state index in [2.05, 4.69) is 15.8 Å². The van der Waals surface area contributed by atoms with E-state index in [4.69, 9.17) is 25.1 Å². The minimum Gasteiger partial charge on any atom is -0.392 e. The molecule has 0 bridgehead atoms. The molecule has 1 aliphatic rings. The predicted octanol–water partition coefficient (Wildman–Crippen LogP) is -2.66. The molecule has 1 aliphatic heterocycles. The third-order valence-corrected chi connectivity index (χ3v) is 2.97. The molecule has 1 heterocycles. The van der Waals surface area contributed by atoms with Gasteiger partial charge >= 0.3 is 7.82 Å². The van der Waals surface area contributed by atoms with E-state index in [1.165, 1.54) is 13.0 Å². The molecule has 0 saturated carbocycles. The fourth-order valence-corrected chi connectivity index (χ4v) is 1.58. The molecule has 0 spiro atoms. The summed E-state index contributed by atoms with van der Waals surface area (Å²) in [7, 11) is -4.73. The van der Waals surface area contributed by atoms with Crippen molar-refractivity contribution in [2.45, 2.75) is 37.6 Å². The second-order valence-electron chi connectivity index (χ2n) is 4.44. The number of nitrogens with zero attached hydrogens (tertiary/aromatic N) is 1. The molecular formula is C11H24NO12P. The highest BCUT2D eigenvalue weighted by atomic mass is 31.2. The number of rotatable bonds is 5. The third kappa shape index (κ3) is 12.9. The summed E-state index contributed by atoms with van der Waals surface area (Å²) in [6.45, 7) is 4.11. The molecule has 14 heteroatoms. The summed E-state index contributed by atoms with van der Waals surface area (Å²) in [5, 5.41) is 53.7. The molecule has 1 fully saturated rings. The highest BCUT2D eigenvalue weighted by molar-refractivity contribution is 7.46. The summed E-state index contributed by atoms with van der Waals surface area (Å²) < 4.78 is 19.0. The Morgan fingerprint density at radius 2 is 1.68 bits per heavy atom. The Balaban J connectivity index is 0. The van der Waals surface area contributed by atoms with Gasteiger partial charge < -0.3 is 40.1 Å². The minimum atomic E-state index is -4.73. The van der Waals surface area contributed by atoms with E-state index in [0.29, 0.717) is 0 Å². The largest absolute Gasteiger partial charge is 0.469 e. The maximum atomic E-state index is 10.4. The van der Waals surface area contributed by atoms with Gasteiger partial charge in [0.05, 0.1) is 13.2 Å². The van der Waals surface area contributed by atoms with Crippen LogP contribution in [0.3, 0.4) is 0 Å². The molecule has 0 radical (unpaired) electrons. The molecule has 0 aromatic heterocycles. The molecule has 1 rings (SSSR count). The van der Waals surface area contributed by atoms with Crippen molar-refractivity contribution in [2.75, 3.05) is 19.8 Å². The number of nitro groups is 1. The summed E-state index contributed by atoms with van der Waals surface area (Å²) in [6.07, 6.45) is -6.68. The van der Waals surface area contributed by atoms with Crippen LogP contribution in [0.4, 0.5) is 0 Å². The Bertz CT molecular complexity index is 429. The lowest BCUT2D eigenvalue weighted by Crippen LogP contribution is -2.58. The van der Waals surface area contributed by atoms with Gasteiger partial charge in [-0.05, 0) is 0 Å². The SMILES string of the molecule is C=CCO.CC[N+](=O)[O-].O=P(O)(O)OC[C@H]1O[C@H](O)[C@H](O)[C@@H](O)[C@@H]1O. The van der Waals surface area contributed by atoms with E-state index in [9.17, 15) is 24.9 Å². The predicted molar refractivity (Wildman–Crippen MR) is 81.7 cm³/mol. The van der Waals surface area contributed by atoms with Gasteiger partial charge in [-0.15, -0.1) is 6.58 Å². The van der Waals surface area contributed by atoms with Crippen LogP contribution in [0.1, 0.15) is 6.92 Å². The first-order valence-electron chi connectivity index (χ1n) is 6.82. The van der Waals surface area contributed by atoms with Crippen LogP contribution >= 0.6 is 7.82 Å². The monoisotopic (exact) mass is 393 g/mol. The van der Waals surface area contributed by atoms with Crippen molar-refractivity contribution in [3.8, 4) is 0 Å². The number of phosphoric acid groups is 1. The van der Waals surface area contributed by atoms with Gasteiger partial charge in [0, 0.05) is 11.8 Å². The van der Waals surface area contributed by atoms with Crippen LogP contribution in [0, 0.1) is 10.1 Å². The molecule has 5 atom stereocenters. The lowest BCUT2D eigenvalue weighted by Gasteiger charge is -2.38. The van der Waals surface area contributed by atoms with Crippen LogP contribution < -0.4 is 0 Å². The van der Waals surface area contributed by atoms with Crippen molar-refractivity contribution in [1.29, 1.82) is 0 Å². The highest BCUT2D eigenvalue weighted by Crippen LogP contribution is 2.36. The fourth-order valence-electron chi connectivity index (χ4n) is 1.24. The molecule has 0 unspecified atom stereocenters. The van der Waals surface area contributed by atoms with Crippen LogP contribution in [0.25, 0.3) is 0 Å². The van der Waals surface area contributed by atoms with Gasteiger partial charge in [0.1, 0.15) is 24.4 Å². The molecule has 13 nitrogen and oxygen atoms in total. The normalized spacial score (nSPS) is 28.7. The van der Waals surface area contributed by atoms with Gasteiger partial charge in [-0.1, -0.05) is 6.08 Å². The first-order chi connectivity index (χ1) is 11.4. The van der Waals surface area contributed by atoms with Gasteiger partial charge in [0.25, 0.3) is 0 Å². The molecule has 150 valence electrons. The Labute approximate surface area is 143 Å². The van der Waals surface area contributed by atoms with Crippen LogP contribution in [-0.2, 0) is 13.8 Å². The van der Waals surface area contributed by atoms with Gasteiger partial charge in [0.2, 0.25) is 6.54 Å². The number of hydrogen-bond acceptors (Lipinski definition) is 10. The number of phosphoric ester groups is 1. The molecule has 0 aromatic rings. The topological polar surface area (TPSA) is 220 Å². The Hall–Kier alpha value is -0.990. The standard InChI is InChI=1S/C6H13O9P.C3H6O.C2H5NO2/c7-3-2(1-14-16(11,12)13)15-6(10)5(9)4(3)8;1-2-3-4;1-2-3(4)5/h2-10H,1H2,(H2,11,12,13);2,4H,1,3H2;2H2,1H3/t2-,3-,4+,5-,6+;;/m1../s1. The van der Waals surface area contributed by atoms with E-state index in [-0.39, 0.29) is 18.1 Å². The quantitative estimate of drug-likeness (QED) is 0.110. The summed E-state index contributed by atoms with van der Waals surface area (Å²) in [5.41, 5.74) is 0. The lowest BCUT2D eigenvalue weighted by atomic mass is 10.00. The van der Waals surface area contributed by atoms with Crippen LogP contribution in [0.15, 0.2) is 12.7 Å². The zero-order valence-corrected chi connectivity index (χ0v) is 14.3. The summed E-state index contributed by atoms with van der Waals surface area (Å²) in [5.74, 6) is 0. The fraction of sp³-hybridized carbons (Fsp3) is 0.818. The average Bonchev–Trinajstić information content (AvgIpc) is 2.55. The van der Waals surface area contributed by atoms with Gasteiger partial charge in [0.15, 0.2) is 6.29 Å². The van der Waals surface area contributed by atoms with Crippen LogP contribution in [0.5, 0.6) is 0 Å². The summed E-state index contributed by atoms with van der Waals surface area (Å²) in [4.78, 5) is 25.6. The second kappa shape index (κ2) is 13.2. The van der Waals surface area contributed by atoms with Crippen molar-refractivity contribution >= 4 is 7.82 Å². The average molecular weight is 393 g/mol. The summed E-state index contributed by atoms with van der Waals surface area (Å²) >= 11 is 0. The Morgan fingerprint density at radius 1 is 1.24 bits per heavy atom. The number of aliphatic hydroxyl groups excluding tert-OH is 5. The number of ether oxygens (including phenoxy) is 1. The first kappa shape index (κ1) is 26.2. The van der Waals surface area contributed by atoms with Crippen molar-refractivity contribution in [3.05, 3.63) is 22.8 Å². The Kier molecular flexibility index (Phi) is 13.9. The van der Waals surface area contributed by atoms with E-state index >= 15 is 0 Å². The van der Waals surface area contributed by atoms with E-state index in [1.54, 1.807) is 0 Å². The molecule has 1 saturated heterocycles. The molecule has 0 aromatic carbocycles. The number of hydrogen-bond donors (Lipinski definition) is 7. The molecule has 0 amide bonds. The van der Waals surface area contributed by atoms with Crippen molar-refractivity contribution in [1.82, 2.24) is 0 Å². The maximum absolute atomic E-state index is 10.4. The smallest absolute Gasteiger partial charge is 0.392 e. The third-order valence-electron chi connectivity index (χ3n) is 2.48. The molecule has 7 N–H and O–H groups in total. The number of aliphatic hydroxyl groups is 5. The Morgan fingerprint density at radius 3 is 2.00 bits per heavy atom. The first-order valence-corrected chi connectivity index (χ1v) is 8.35. The molecule has 25 heavy (non-hydrogen) atoms. The van der Waals surface area contributed by atoms with Gasteiger partial charge in [-0.25, -0.2) is 4.57 Å². The highest BCUT2D eigenvalue weighted by Gasteiger charge is 2.43. The summed E-state index contributed by atoms with van der Waals surface area (Å²) in [6, 6.07) is 0. The van der Waals surface area contributed by atoms with Crippen molar-refractivity contribution in [2.24, 2.45) is 0 Å². The van der Waals surface area contributed by atoms with E-state index < -0.39 is 45.1 Å². The second-order valence-corrected chi connectivity index (χ2v) is 5.68. The zero-order valence-electron chi connectivity index (χ0n) is 13.4. The minimum absolute atomic E-state index is 0.0278. The van der Waals surface area contributed by atoms with Gasteiger partial charge in [-0.2, -0.15) is 0 Å². The van der Waals surface area contributed by atoms with Crippen LogP contribution in [0.2, 0.25) is 0 Å². The molecular weight excluding hydrogens is 369 g/mol. The maximum Gasteiger partial charge on any atom is 0.469 e. The molecule has 0 aliphatic carbocycles. The van der Waals surface area contributed by atoms with Crippen molar-refractivity contribution < 1.29 is 54.1 Å².